The van der Waals surface area contributed by atoms with Gasteiger partial charge in [-0.1, -0.05) is 13.8 Å². The first-order valence-electron chi connectivity index (χ1n) is 6.76. The minimum atomic E-state index is 0.184. The number of piperidine rings is 1. The van der Waals surface area contributed by atoms with Gasteiger partial charge in [-0.2, -0.15) is 0 Å². The van der Waals surface area contributed by atoms with E-state index < -0.39 is 0 Å². The summed E-state index contributed by atoms with van der Waals surface area (Å²) in [5.41, 5.74) is 7.02. The number of amides is 1. The Morgan fingerprint density at radius 1 is 1.61 bits per heavy atom. The SMILES string of the molecule is CCc1ccsc1C(=O)N1CCC[C@@H](C)[C@@H]1CN. The van der Waals surface area contributed by atoms with Crippen molar-refractivity contribution in [3.8, 4) is 0 Å². The Labute approximate surface area is 113 Å². The molecular formula is C14H22N2OS. The summed E-state index contributed by atoms with van der Waals surface area (Å²) in [5, 5.41) is 2.01. The van der Waals surface area contributed by atoms with E-state index in [-0.39, 0.29) is 11.9 Å². The van der Waals surface area contributed by atoms with Crippen molar-refractivity contribution >= 4 is 17.2 Å². The van der Waals surface area contributed by atoms with Gasteiger partial charge in [0.1, 0.15) is 0 Å². The summed E-state index contributed by atoms with van der Waals surface area (Å²) in [7, 11) is 0. The number of hydrogen-bond donors (Lipinski definition) is 1. The fourth-order valence-electron chi connectivity index (χ4n) is 2.79. The highest BCUT2D eigenvalue weighted by Crippen LogP contribution is 2.27. The predicted molar refractivity (Wildman–Crippen MR) is 76.0 cm³/mol. The van der Waals surface area contributed by atoms with Crippen LogP contribution in [0.15, 0.2) is 11.4 Å². The molecule has 1 fully saturated rings. The number of carbonyl (C=O) groups is 1. The lowest BCUT2D eigenvalue weighted by Gasteiger charge is -2.39. The monoisotopic (exact) mass is 266 g/mol. The normalized spacial score (nSPS) is 24.3. The van der Waals surface area contributed by atoms with Crippen LogP contribution >= 0.6 is 11.3 Å². The number of likely N-dealkylation sites (tertiary alicyclic amines) is 1. The lowest BCUT2D eigenvalue weighted by molar-refractivity contribution is 0.0536. The smallest absolute Gasteiger partial charge is 0.264 e. The van der Waals surface area contributed by atoms with Crippen molar-refractivity contribution in [2.75, 3.05) is 13.1 Å². The van der Waals surface area contributed by atoms with Gasteiger partial charge in [0.25, 0.3) is 5.91 Å². The van der Waals surface area contributed by atoms with Gasteiger partial charge in [-0.25, -0.2) is 0 Å². The Morgan fingerprint density at radius 2 is 2.39 bits per heavy atom. The molecule has 0 saturated carbocycles. The zero-order valence-electron chi connectivity index (χ0n) is 11.2. The third kappa shape index (κ3) is 2.45. The van der Waals surface area contributed by atoms with E-state index in [9.17, 15) is 4.79 Å². The van der Waals surface area contributed by atoms with Gasteiger partial charge in [0.15, 0.2) is 0 Å². The second-order valence-electron chi connectivity index (χ2n) is 5.05. The number of carbonyl (C=O) groups excluding carboxylic acids is 1. The Balaban J connectivity index is 2.21. The average Bonchev–Trinajstić information content (AvgIpc) is 2.85. The molecule has 1 aromatic heterocycles. The first-order chi connectivity index (χ1) is 8.69. The average molecular weight is 266 g/mol. The van der Waals surface area contributed by atoms with E-state index in [0.29, 0.717) is 12.5 Å². The molecule has 1 aromatic rings. The molecule has 2 atom stereocenters. The number of nitrogens with zero attached hydrogens (tertiary/aromatic N) is 1. The van der Waals surface area contributed by atoms with Crippen LogP contribution in [-0.4, -0.2) is 29.9 Å². The molecule has 2 rings (SSSR count). The third-order valence-corrected chi connectivity index (χ3v) is 4.88. The molecule has 0 unspecified atom stereocenters. The highest BCUT2D eigenvalue weighted by Gasteiger charge is 2.32. The van der Waals surface area contributed by atoms with Crippen molar-refractivity contribution in [2.45, 2.75) is 39.2 Å². The van der Waals surface area contributed by atoms with Crippen LogP contribution in [0.4, 0.5) is 0 Å². The number of aryl methyl sites for hydroxylation is 1. The minimum absolute atomic E-state index is 0.184. The summed E-state index contributed by atoms with van der Waals surface area (Å²) in [6.45, 7) is 5.72. The zero-order chi connectivity index (χ0) is 13.1. The van der Waals surface area contributed by atoms with Crippen molar-refractivity contribution in [1.82, 2.24) is 4.90 Å². The molecule has 0 aromatic carbocycles. The van der Waals surface area contributed by atoms with Crippen LogP contribution in [0.5, 0.6) is 0 Å². The number of hydrogen-bond acceptors (Lipinski definition) is 3. The lowest BCUT2D eigenvalue weighted by atomic mass is 9.90. The van der Waals surface area contributed by atoms with Crippen LogP contribution in [0.1, 0.15) is 41.9 Å². The molecule has 4 heteroatoms. The number of rotatable bonds is 3. The quantitative estimate of drug-likeness (QED) is 0.913. The first kappa shape index (κ1) is 13.6. The van der Waals surface area contributed by atoms with Gasteiger partial charge in [0, 0.05) is 19.1 Å². The molecule has 0 spiro atoms. The standard InChI is InChI=1S/C14H22N2OS/c1-3-11-6-8-18-13(11)14(17)16-7-4-5-10(2)12(16)9-15/h6,8,10,12H,3-5,7,9,15H2,1-2H3/t10-,12+/m1/s1. The van der Waals surface area contributed by atoms with E-state index in [1.807, 2.05) is 10.3 Å². The van der Waals surface area contributed by atoms with Gasteiger partial charge in [-0.3, -0.25) is 4.79 Å². The van der Waals surface area contributed by atoms with Crippen molar-refractivity contribution in [1.29, 1.82) is 0 Å². The molecular weight excluding hydrogens is 244 g/mol. The van der Waals surface area contributed by atoms with Gasteiger partial charge < -0.3 is 10.6 Å². The van der Waals surface area contributed by atoms with E-state index in [2.05, 4.69) is 19.9 Å². The molecule has 2 heterocycles. The molecule has 1 aliphatic heterocycles. The van der Waals surface area contributed by atoms with Crippen molar-refractivity contribution < 1.29 is 4.79 Å². The molecule has 2 N–H and O–H groups in total. The van der Waals surface area contributed by atoms with Crippen LogP contribution < -0.4 is 5.73 Å². The lowest BCUT2D eigenvalue weighted by Crippen LogP contribution is -2.51. The topological polar surface area (TPSA) is 46.3 Å². The van der Waals surface area contributed by atoms with E-state index in [1.165, 1.54) is 12.0 Å². The van der Waals surface area contributed by atoms with Crippen molar-refractivity contribution in [2.24, 2.45) is 11.7 Å². The summed E-state index contributed by atoms with van der Waals surface area (Å²) < 4.78 is 0. The number of thiophene rings is 1. The Bertz CT molecular complexity index is 416. The molecule has 0 aliphatic carbocycles. The van der Waals surface area contributed by atoms with Crippen LogP contribution in [0.25, 0.3) is 0 Å². The minimum Gasteiger partial charge on any atom is -0.333 e. The maximum Gasteiger partial charge on any atom is 0.264 e. The van der Waals surface area contributed by atoms with E-state index in [4.69, 9.17) is 5.73 Å². The molecule has 100 valence electrons. The summed E-state index contributed by atoms with van der Waals surface area (Å²) in [5.74, 6) is 0.696. The largest absolute Gasteiger partial charge is 0.333 e. The second kappa shape index (κ2) is 5.85. The zero-order valence-corrected chi connectivity index (χ0v) is 12.0. The van der Waals surface area contributed by atoms with Gasteiger partial charge in [0.2, 0.25) is 0 Å². The summed E-state index contributed by atoms with van der Waals surface area (Å²) >= 11 is 1.56. The Kier molecular flexibility index (Phi) is 4.40. The second-order valence-corrected chi connectivity index (χ2v) is 5.97. The van der Waals surface area contributed by atoms with E-state index in [1.54, 1.807) is 11.3 Å². The van der Waals surface area contributed by atoms with Crippen LogP contribution in [-0.2, 0) is 6.42 Å². The third-order valence-electron chi connectivity index (χ3n) is 3.94. The van der Waals surface area contributed by atoms with E-state index in [0.717, 1.165) is 24.3 Å². The van der Waals surface area contributed by atoms with Crippen LogP contribution in [0.2, 0.25) is 0 Å². The van der Waals surface area contributed by atoms with Crippen molar-refractivity contribution in [3.63, 3.8) is 0 Å². The van der Waals surface area contributed by atoms with E-state index >= 15 is 0 Å². The predicted octanol–water partition coefficient (Wildman–Crippen LogP) is 2.51. The highest BCUT2D eigenvalue weighted by molar-refractivity contribution is 7.12. The Hall–Kier alpha value is -0.870. The van der Waals surface area contributed by atoms with Crippen LogP contribution in [0, 0.1) is 5.92 Å². The van der Waals surface area contributed by atoms with Gasteiger partial charge in [0.05, 0.1) is 4.88 Å². The van der Waals surface area contributed by atoms with Gasteiger partial charge in [-0.05, 0) is 42.2 Å². The Morgan fingerprint density at radius 3 is 3.06 bits per heavy atom. The maximum absolute atomic E-state index is 12.6. The fourth-order valence-corrected chi connectivity index (χ4v) is 3.74. The maximum atomic E-state index is 12.6. The van der Waals surface area contributed by atoms with Crippen molar-refractivity contribution in [3.05, 3.63) is 21.9 Å². The number of nitrogens with two attached hydrogens (primary N) is 1. The fraction of sp³-hybridized carbons (Fsp3) is 0.643. The molecule has 3 nitrogen and oxygen atoms in total. The summed E-state index contributed by atoms with van der Waals surface area (Å²) in [6.07, 6.45) is 3.19. The van der Waals surface area contributed by atoms with Crippen LogP contribution in [0.3, 0.4) is 0 Å². The van der Waals surface area contributed by atoms with Gasteiger partial charge in [-0.15, -0.1) is 11.3 Å². The first-order valence-corrected chi connectivity index (χ1v) is 7.64. The molecule has 18 heavy (non-hydrogen) atoms. The summed E-state index contributed by atoms with van der Waals surface area (Å²) in [4.78, 5) is 15.5. The molecule has 0 bridgehead atoms. The molecule has 1 amide bonds. The molecule has 1 saturated heterocycles. The van der Waals surface area contributed by atoms with Gasteiger partial charge >= 0.3 is 0 Å². The molecule has 0 radical (unpaired) electrons. The molecule has 1 aliphatic rings. The summed E-state index contributed by atoms with van der Waals surface area (Å²) in [6, 6.07) is 2.26. The highest BCUT2D eigenvalue weighted by atomic mass is 32.1.